The van der Waals surface area contributed by atoms with Gasteiger partial charge in [0.25, 0.3) is 0 Å². The highest BCUT2D eigenvalue weighted by Crippen LogP contribution is 2.36. The Morgan fingerprint density at radius 3 is 1.03 bits per heavy atom. The van der Waals surface area contributed by atoms with Crippen LogP contribution in [0.15, 0.2) is 170 Å². The number of hydrogen-bond acceptors (Lipinski definition) is 4. The van der Waals surface area contributed by atoms with Crippen molar-refractivity contribution < 1.29 is 21.9 Å². The lowest BCUT2D eigenvalue weighted by Crippen LogP contribution is -2.40. The Morgan fingerprint density at radius 2 is 0.731 bits per heavy atom. The third kappa shape index (κ3) is 15.8. The van der Waals surface area contributed by atoms with E-state index in [2.05, 4.69) is 139 Å². The van der Waals surface area contributed by atoms with Crippen molar-refractivity contribution >= 4 is 34.4 Å². The van der Waals surface area contributed by atoms with E-state index in [1.807, 2.05) is 88.0 Å². The van der Waals surface area contributed by atoms with Crippen LogP contribution in [0.1, 0.15) is 97.0 Å². The van der Waals surface area contributed by atoms with Gasteiger partial charge in [0.1, 0.15) is 11.5 Å². The Morgan fingerprint density at radius 1 is 0.433 bits per heavy atom. The van der Waals surface area contributed by atoms with Crippen molar-refractivity contribution in [3.8, 4) is 11.5 Å². The third-order valence-electron chi connectivity index (χ3n) is 11.2. The fourth-order valence-electron chi connectivity index (χ4n) is 7.86. The SMILES string of the molecule is CC.CCCN(CC)C(=O)NCC/C(=C(\c1ccccc1)c1ccc(OC)cc1)c1ccccc1.CCN(CC)C(=O)NCC/C(=C(\c1ccccc1)c1ccc(OC)cc1)c1ccccc1.[HH].[HH]. The van der Waals surface area contributed by atoms with Crippen LogP contribution in [0.5, 0.6) is 11.5 Å². The van der Waals surface area contributed by atoms with Gasteiger partial charge in [-0.25, -0.2) is 9.59 Å². The molecule has 8 heteroatoms. The molecule has 67 heavy (non-hydrogen) atoms. The second kappa shape index (κ2) is 29.5. The fraction of sp³-hybridized carbons (Fsp3) is 0.288. The van der Waals surface area contributed by atoms with Crippen LogP contribution in [0.3, 0.4) is 0 Å². The van der Waals surface area contributed by atoms with Gasteiger partial charge in [-0.1, -0.05) is 166 Å². The van der Waals surface area contributed by atoms with Gasteiger partial charge in [-0.15, -0.1) is 0 Å². The molecule has 6 rings (SSSR count). The van der Waals surface area contributed by atoms with Crippen LogP contribution >= 0.6 is 0 Å². The molecule has 0 aliphatic carbocycles. The van der Waals surface area contributed by atoms with Gasteiger partial charge in [0.05, 0.1) is 14.2 Å². The molecule has 0 heterocycles. The van der Waals surface area contributed by atoms with Crippen molar-refractivity contribution in [3.63, 3.8) is 0 Å². The zero-order chi connectivity index (χ0) is 48.2. The summed E-state index contributed by atoms with van der Waals surface area (Å²) < 4.78 is 10.7. The predicted molar refractivity (Wildman–Crippen MR) is 286 cm³/mol. The summed E-state index contributed by atoms with van der Waals surface area (Å²) in [5.74, 6) is 1.66. The Kier molecular flexibility index (Phi) is 23.1. The van der Waals surface area contributed by atoms with Gasteiger partial charge in [0, 0.05) is 42.1 Å². The predicted octanol–water partition coefficient (Wildman–Crippen LogP) is 14.1. The molecular weight excluding hydrogens is 829 g/mol. The summed E-state index contributed by atoms with van der Waals surface area (Å²) in [4.78, 5) is 28.8. The van der Waals surface area contributed by atoms with E-state index in [0.29, 0.717) is 39.1 Å². The molecule has 4 amide bonds. The van der Waals surface area contributed by atoms with Crippen molar-refractivity contribution in [2.75, 3.05) is 53.5 Å². The number of ether oxygens (including phenoxy) is 2. The lowest BCUT2D eigenvalue weighted by molar-refractivity contribution is 0.200. The van der Waals surface area contributed by atoms with Gasteiger partial charge >= 0.3 is 12.1 Å². The number of amides is 4. The molecule has 0 atom stereocenters. The molecule has 0 aromatic heterocycles. The number of urea groups is 2. The zero-order valence-corrected chi connectivity index (χ0v) is 41.1. The number of methoxy groups -OCH3 is 2. The standard InChI is InChI=1S/C29H34N2O2.C28H32N2O2.C2H6.2H2/c1-4-22-31(5-2)29(32)30-21-20-27(23-12-8-6-9-13-23)28(24-14-10-7-11-15-24)25-16-18-26(33-3)19-17-25;1-4-30(5-2)28(31)29-21-20-26(22-12-8-6-9-13-22)27(23-14-10-7-11-15-23)24-16-18-25(32-3)19-17-24;1-2;;/h6-19H,4-5,20-22H2,1-3H3,(H,30,32);6-19H,4-5,20-21H2,1-3H3,(H,29,31);1-2H3;2*1H/b28-27-;27-26-;;;. The van der Waals surface area contributed by atoms with Crippen molar-refractivity contribution in [1.29, 1.82) is 0 Å². The number of benzene rings is 6. The number of carbonyl (C=O) groups is 2. The van der Waals surface area contributed by atoms with E-state index in [0.717, 1.165) is 69.8 Å². The van der Waals surface area contributed by atoms with Gasteiger partial charge in [-0.3, -0.25) is 0 Å². The van der Waals surface area contributed by atoms with Gasteiger partial charge in [-0.2, -0.15) is 0 Å². The molecule has 0 radical (unpaired) electrons. The molecular formula is C59H76N4O4. The molecule has 0 unspecified atom stereocenters. The molecule has 0 fully saturated rings. The van der Waals surface area contributed by atoms with E-state index >= 15 is 0 Å². The highest BCUT2D eigenvalue weighted by atomic mass is 16.5. The van der Waals surface area contributed by atoms with Crippen molar-refractivity contribution in [1.82, 2.24) is 20.4 Å². The van der Waals surface area contributed by atoms with E-state index in [1.165, 1.54) is 16.7 Å². The van der Waals surface area contributed by atoms with Gasteiger partial charge < -0.3 is 29.9 Å². The minimum absolute atomic E-state index is 0. The van der Waals surface area contributed by atoms with Gasteiger partial charge in [0.2, 0.25) is 0 Å². The van der Waals surface area contributed by atoms with Gasteiger partial charge in [0.15, 0.2) is 0 Å². The first kappa shape index (κ1) is 52.6. The lowest BCUT2D eigenvalue weighted by Gasteiger charge is -2.22. The summed E-state index contributed by atoms with van der Waals surface area (Å²) >= 11 is 0. The second-order valence-electron chi connectivity index (χ2n) is 15.3. The minimum Gasteiger partial charge on any atom is -0.497 e. The highest BCUT2D eigenvalue weighted by Gasteiger charge is 2.18. The first-order valence-electron chi connectivity index (χ1n) is 23.9. The molecule has 356 valence electrons. The van der Waals surface area contributed by atoms with E-state index in [1.54, 1.807) is 19.1 Å². The summed E-state index contributed by atoms with van der Waals surface area (Å²) in [5, 5.41) is 6.22. The molecule has 0 spiro atoms. The molecule has 0 bridgehead atoms. The maximum Gasteiger partial charge on any atom is 0.317 e. The lowest BCUT2D eigenvalue weighted by atomic mass is 9.88. The highest BCUT2D eigenvalue weighted by molar-refractivity contribution is 6.00. The van der Waals surface area contributed by atoms with Gasteiger partial charge in [-0.05, 0) is 120 Å². The van der Waals surface area contributed by atoms with Crippen molar-refractivity contribution in [2.45, 2.75) is 60.8 Å². The average molecular weight is 905 g/mol. The maximum absolute atomic E-state index is 12.6. The molecule has 0 aliphatic rings. The monoisotopic (exact) mass is 905 g/mol. The number of nitrogens with one attached hydrogen (secondary N) is 2. The van der Waals surface area contributed by atoms with Crippen molar-refractivity contribution in [3.05, 3.63) is 203 Å². The zero-order valence-electron chi connectivity index (χ0n) is 41.1. The molecule has 0 saturated heterocycles. The Hall–Kier alpha value is -7.06. The molecule has 0 saturated carbocycles. The Balaban J connectivity index is 0.000000445. The second-order valence-corrected chi connectivity index (χ2v) is 15.3. The topological polar surface area (TPSA) is 83.1 Å². The van der Waals surface area contributed by atoms with E-state index in [4.69, 9.17) is 9.47 Å². The minimum atomic E-state index is -0.0203. The summed E-state index contributed by atoms with van der Waals surface area (Å²) in [6, 6.07) is 58.0. The number of nitrogens with zero attached hydrogens (tertiary/aromatic N) is 2. The first-order chi connectivity index (χ1) is 32.8. The molecule has 8 nitrogen and oxygen atoms in total. The van der Waals surface area contributed by atoms with E-state index in [-0.39, 0.29) is 14.9 Å². The van der Waals surface area contributed by atoms with Crippen molar-refractivity contribution in [2.24, 2.45) is 0 Å². The number of hydrogen-bond donors (Lipinski definition) is 2. The molecule has 6 aromatic carbocycles. The van der Waals surface area contributed by atoms with Crippen LogP contribution < -0.4 is 20.1 Å². The van der Waals surface area contributed by atoms with Crippen LogP contribution in [-0.4, -0.2) is 75.4 Å². The normalized spacial score (nSPS) is 11.2. The molecule has 0 aliphatic heterocycles. The summed E-state index contributed by atoms with van der Waals surface area (Å²) in [5.41, 5.74) is 11.6. The fourth-order valence-corrected chi connectivity index (χ4v) is 7.86. The summed E-state index contributed by atoms with van der Waals surface area (Å²) in [6.45, 7) is 16.1. The van der Waals surface area contributed by atoms with Crippen LogP contribution in [-0.2, 0) is 0 Å². The van der Waals surface area contributed by atoms with Crippen LogP contribution in [0.4, 0.5) is 9.59 Å². The first-order valence-corrected chi connectivity index (χ1v) is 23.9. The summed E-state index contributed by atoms with van der Waals surface area (Å²) in [6.07, 6.45) is 2.38. The summed E-state index contributed by atoms with van der Waals surface area (Å²) in [7, 11) is 3.36. The smallest absolute Gasteiger partial charge is 0.317 e. The van der Waals surface area contributed by atoms with Crippen LogP contribution in [0.2, 0.25) is 0 Å². The van der Waals surface area contributed by atoms with Crippen LogP contribution in [0, 0.1) is 0 Å². The quantitative estimate of drug-likeness (QED) is 0.0793. The Labute approximate surface area is 404 Å². The van der Waals surface area contributed by atoms with E-state index < -0.39 is 0 Å². The molecule has 6 aromatic rings. The number of carbonyl (C=O) groups excluding carboxylic acids is 2. The maximum atomic E-state index is 12.6. The third-order valence-corrected chi connectivity index (χ3v) is 11.2. The number of rotatable bonds is 19. The van der Waals surface area contributed by atoms with E-state index in [9.17, 15) is 9.59 Å². The molecule has 2 N–H and O–H groups in total. The van der Waals surface area contributed by atoms with Crippen LogP contribution in [0.25, 0.3) is 22.3 Å². The largest absolute Gasteiger partial charge is 0.497 e. The average Bonchev–Trinajstić information content (AvgIpc) is 3.39. The Bertz CT molecular complexity index is 2390.